The Kier molecular flexibility index (Phi) is 35.3. The van der Waals surface area contributed by atoms with Crippen LogP contribution in [-0.4, -0.2) is 190 Å². The van der Waals surface area contributed by atoms with Crippen LogP contribution in [0.2, 0.25) is 0 Å². The van der Waals surface area contributed by atoms with E-state index in [1.165, 1.54) is 36.0 Å². The third kappa shape index (κ3) is 42.6. The van der Waals surface area contributed by atoms with E-state index in [2.05, 4.69) is 51.9 Å². The zero-order valence-electron chi connectivity index (χ0n) is 111. The number of ketones is 5. The van der Waals surface area contributed by atoms with Crippen molar-refractivity contribution >= 4 is 70.3 Å². The molecule has 6 amide bonds. The van der Waals surface area contributed by atoms with Gasteiger partial charge in [-0.3, -0.25) is 79.2 Å². The summed E-state index contributed by atoms with van der Waals surface area (Å²) in [5.74, 6) is -15.0. The second-order valence-corrected chi connectivity index (χ2v) is 41.9. The number of rotatable bonds is 49. The van der Waals surface area contributed by atoms with Crippen molar-refractivity contribution in [1.82, 2.24) is 62.2 Å². The molecule has 0 saturated carbocycles. The second kappa shape index (κ2) is 57.8. The van der Waals surface area contributed by atoms with E-state index in [1.807, 2.05) is 126 Å². The van der Waals surface area contributed by atoms with E-state index in [0.717, 1.165) is 78.8 Å². The highest BCUT2D eigenvalue weighted by Crippen LogP contribution is 2.36. The number of nitrogens with one attached hydrogen (secondary N) is 6. The molecule has 3 heterocycles. The molecular formula is C120H162N12O17. The van der Waals surface area contributed by atoms with Gasteiger partial charge in [0.15, 0.2) is 17.3 Å². The molecule has 0 bridgehead atoms. The molecule has 149 heavy (non-hydrogen) atoms. The Balaban J connectivity index is 0.000000346. The number of benzene rings is 6. The van der Waals surface area contributed by atoms with Gasteiger partial charge in [-0.2, -0.15) is 0 Å². The average Bonchev–Trinajstić information content (AvgIpc) is 0.744. The molecule has 9 aromatic rings. The van der Waals surface area contributed by atoms with Crippen molar-refractivity contribution in [2.24, 2.45) is 68.0 Å². The Morgan fingerprint density at radius 3 is 0.893 bits per heavy atom. The lowest BCUT2D eigenvalue weighted by Crippen LogP contribution is -2.52. The van der Waals surface area contributed by atoms with E-state index in [4.69, 9.17) is 28.8 Å². The predicted molar refractivity (Wildman–Crippen MR) is 581 cm³/mol. The molecule has 0 aliphatic carbocycles. The Morgan fingerprint density at radius 1 is 0.342 bits per heavy atom. The molecule has 10 N–H and O–H groups in total. The van der Waals surface area contributed by atoms with Crippen LogP contribution in [0.5, 0.6) is 0 Å². The fraction of sp³-hybridized carbons (Fsp3) is 0.475. The molecule has 0 unspecified atom stereocenters. The molecule has 0 aliphatic rings. The Hall–Kier alpha value is -12.9. The number of aromatic nitrogens is 3. The van der Waals surface area contributed by atoms with Gasteiger partial charge < -0.3 is 50.7 Å². The van der Waals surface area contributed by atoms with Crippen LogP contribution in [0.4, 0.5) is 0 Å². The Morgan fingerprint density at radius 2 is 0.624 bits per heavy atom. The standard InChI is InChI=1S/2C40H54N4O6.C40H54N4O5/c1-27(45)42-37(40(5,6)7)34(46)23-31(22-28-14-10-9-11-15-28)35(47)26-44(43-38(49)32(39(2,3)4)24-36(48)50-8)25-29-17-19-30(20-18-29)33-16-12-13-21-41-33;1-27(46)21-32(39(2,3)4)38(50)43-44(24-29-16-18-30(19-17-29)33-15-11-12-20-41-33)25-35(48)31(22-28-13-9-8-10-14-28)23-34(47)37(40(5,6)7)42-36(49)26-45;1-27(45)22-33(39(3,4)5)38(49)43-44(25-30-17-19-31(20-18-30)34-16-12-13-21-41-34)26-36(48)32(23-29-14-10-9-11-15-29)24-35(47)37(40(6,7)8)42-28(2)46/h9-21,31-32,35,37,47H,22-26H2,1-8H3,(H,42,45)(H,43,49);8-20,31-32,35,37,45,48H,21-26H2,1-7H3,(H,42,49)(H,43,50);9-21,32-33,36-37,48H,22-26H2,1-8H3,(H,42,46)(H,43,49)/t2*31-,32-,35+,37-;32-,33-,36+,37-/m111/s1/i5D3,6D3,8D3,25D2;5D3,6D3;6D3,7D3. The molecule has 6 aromatic carbocycles. The fourth-order valence-electron chi connectivity index (χ4n) is 17.0. The summed E-state index contributed by atoms with van der Waals surface area (Å²) >= 11 is 0. The molecule has 804 valence electrons. The molecule has 9 rings (SSSR count). The molecular weight excluding hydrogens is 1880 g/mol. The van der Waals surface area contributed by atoms with Crippen LogP contribution in [-0.2, 0) is 101 Å². The number of amides is 6. The van der Waals surface area contributed by atoms with Crippen molar-refractivity contribution in [1.29, 1.82) is 0 Å². The monoisotopic (exact) mass is 2070 g/mol. The minimum absolute atomic E-state index is 0.00802. The van der Waals surface area contributed by atoms with Crippen LogP contribution in [0.3, 0.4) is 0 Å². The van der Waals surface area contributed by atoms with Gasteiger partial charge in [-0.25, -0.2) is 15.0 Å². The maximum atomic E-state index is 14.3. The first kappa shape index (κ1) is 91.2. The van der Waals surface area contributed by atoms with Crippen molar-refractivity contribution < 1.29 is 114 Å². The van der Waals surface area contributed by atoms with Gasteiger partial charge in [0.05, 0.1) is 91.6 Å². The van der Waals surface area contributed by atoms with Crippen molar-refractivity contribution in [3.63, 3.8) is 0 Å². The first-order chi connectivity index (χ1) is 79.3. The fourth-order valence-corrected chi connectivity index (χ4v) is 17.0. The lowest BCUT2D eigenvalue weighted by molar-refractivity contribution is -0.148. The largest absolute Gasteiger partial charge is 0.469 e. The van der Waals surface area contributed by atoms with Gasteiger partial charge in [-0.15, -0.1) is 0 Å². The van der Waals surface area contributed by atoms with Gasteiger partial charge >= 0.3 is 5.97 Å². The number of Topliss-reactive ketones (excluding diaryl/α,β-unsaturated/α-hetero) is 5. The minimum Gasteiger partial charge on any atom is -0.469 e. The Labute approximate surface area is 914 Å². The van der Waals surface area contributed by atoms with Gasteiger partial charge in [-0.1, -0.05) is 306 Å². The minimum atomic E-state index is -3.29. The normalized spacial score (nSPS) is 17.3. The molecule has 29 nitrogen and oxygen atoms in total. The SMILES string of the molecule is [2H]C([2H])([2H])C(C)([C@H](NC(=O)CO)C(=O)C[C@@H](Cc1ccccc1)[C@@H](O)CN(Cc1ccc(-c2ccccn2)cc1)NC(=O)[C@@H](CC(C)=O)C(C)(C)C)C([2H])([2H])[2H].[2H]C([2H])([2H])C(C)([C@H](NC(C)=O)C(=O)C[C@@H](Cc1ccccc1)[C@@H](O)CN(Cc1ccc(-c2ccccn2)cc1)NC(=O)[C@@H](CC(C)=O)C(C)(C)C)C([2H])([2H])[2H].[2H]C([2H])([2H])OC(=O)C[C@H](C(=O)NN(C[C@H](O)[C@@H](CC(=O)[C@@H](NC(C)=O)C(C)(C([2H])([2H])[2H])C([2H])([2H])[2H])Cc1ccccc1)C([2H])([2H])c1ccc(-c2ccccn2)cc1)C(C)(C)C. The van der Waals surface area contributed by atoms with E-state index in [-0.39, 0.29) is 75.4 Å². The smallest absolute Gasteiger partial charge is 0.306 e. The number of hydrazine groups is 3. The predicted octanol–water partition coefficient (Wildman–Crippen LogP) is 16.4. The number of aliphatic hydroxyl groups excluding tert-OH is 4. The van der Waals surface area contributed by atoms with Crippen molar-refractivity contribution in [3.8, 4) is 33.8 Å². The lowest BCUT2D eigenvalue weighted by Gasteiger charge is -2.35. The number of carbonyl (C=O) groups excluding carboxylic acids is 12. The van der Waals surface area contributed by atoms with E-state index < -0.39 is 257 Å². The van der Waals surface area contributed by atoms with Crippen molar-refractivity contribution in [2.45, 2.75) is 266 Å². The van der Waals surface area contributed by atoms with Gasteiger partial charge in [-0.05, 0) is 153 Å². The number of methoxy groups -OCH3 is 1. The molecule has 0 aliphatic heterocycles. The molecule has 0 radical (unpaired) electrons. The molecule has 29 heteroatoms. The molecule has 12 atom stereocenters. The maximum Gasteiger partial charge on any atom is 0.306 e. The number of nitrogens with zero attached hydrogens (tertiary/aromatic N) is 6. The highest BCUT2D eigenvalue weighted by molar-refractivity contribution is 5.92. The number of pyridine rings is 3. The van der Waals surface area contributed by atoms with Gasteiger partial charge in [0, 0.05) is 145 Å². The van der Waals surface area contributed by atoms with E-state index >= 15 is 0 Å². The quantitative estimate of drug-likeness (QED) is 0.0125. The summed E-state index contributed by atoms with van der Waals surface area (Å²) in [4.78, 5) is 172. The highest BCUT2D eigenvalue weighted by Gasteiger charge is 2.43. The molecule has 0 spiro atoms. The van der Waals surface area contributed by atoms with Crippen molar-refractivity contribution in [2.75, 3.05) is 33.3 Å². The summed E-state index contributed by atoms with van der Waals surface area (Å²) in [5, 5.41) is 56.1. The van der Waals surface area contributed by atoms with Crippen LogP contribution < -0.4 is 32.2 Å². The summed E-state index contributed by atoms with van der Waals surface area (Å²) in [7, 11) is -3.10. The van der Waals surface area contributed by atoms with Gasteiger partial charge in [0.1, 0.15) is 18.2 Å². The zero-order valence-corrected chi connectivity index (χ0v) is 87.8. The number of hydrogen-bond acceptors (Lipinski definition) is 23. The van der Waals surface area contributed by atoms with Crippen LogP contribution in [0.1, 0.15) is 255 Å². The number of ether oxygens (including phenoxy) is 1. The van der Waals surface area contributed by atoms with E-state index in [9.17, 15) is 80.7 Å². The first-order valence-electron chi connectivity index (χ1n) is 60.9. The third-order valence-electron chi connectivity index (χ3n) is 25.1. The molecule has 3 aromatic heterocycles. The van der Waals surface area contributed by atoms with Gasteiger partial charge in [0.25, 0.3) is 0 Å². The van der Waals surface area contributed by atoms with Gasteiger partial charge in [0.2, 0.25) is 35.4 Å². The maximum absolute atomic E-state index is 14.3. The first-order valence-corrected chi connectivity index (χ1v) is 49.4. The summed E-state index contributed by atoms with van der Waals surface area (Å²) < 4.78 is 192. The number of hydrogen-bond donors (Lipinski definition) is 10. The number of esters is 1. The summed E-state index contributed by atoms with van der Waals surface area (Å²) in [5.41, 5.74) is 5.83. The summed E-state index contributed by atoms with van der Waals surface area (Å²) in [6.45, 7) is -0.855. The van der Waals surface area contributed by atoms with Crippen molar-refractivity contribution in [3.05, 3.63) is 270 Å². The number of carbonyl (C=O) groups is 12. The molecule has 0 saturated heterocycles. The highest BCUT2D eigenvalue weighted by atomic mass is 16.5. The lowest BCUT2D eigenvalue weighted by atomic mass is 9.77. The van der Waals surface area contributed by atoms with E-state index in [1.54, 1.807) is 161 Å². The van der Waals surface area contributed by atoms with Crippen LogP contribution in [0.15, 0.2) is 237 Å². The number of aliphatic hydroxyl groups is 4. The molecule has 0 fully saturated rings. The van der Waals surface area contributed by atoms with Crippen LogP contribution >= 0.6 is 0 Å². The summed E-state index contributed by atoms with van der Waals surface area (Å²) in [6, 6.07) is 57.5. The second-order valence-electron chi connectivity index (χ2n) is 41.9. The summed E-state index contributed by atoms with van der Waals surface area (Å²) in [6.07, 6.45) is -1.95. The van der Waals surface area contributed by atoms with Crippen LogP contribution in [0, 0.1) is 68.0 Å². The third-order valence-corrected chi connectivity index (χ3v) is 25.1. The van der Waals surface area contributed by atoms with Crippen LogP contribution in [0.25, 0.3) is 33.8 Å². The zero-order chi connectivity index (χ0) is 130. The average molecular weight is 2070 g/mol. The van der Waals surface area contributed by atoms with E-state index in [0.29, 0.717) is 22.4 Å². The Bertz CT molecular complexity index is 6700. The topological polar surface area (TPSA) is 416 Å².